The molecule has 0 amide bonds. The largest absolute Gasteiger partial charge is 0.491 e. The van der Waals surface area contributed by atoms with Crippen LogP contribution in [-0.2, 0) is 0 Å². The molecule has 0 aromatic heterocycles. The molecule has 4 heteroatoms. The fraction of sp³-hybridized carbons (Fsp3) is 0.625. The number of rotatable bonds is 5. The lowest BCUT2D eigenvalue weighted by atomic mass is 10.0. The molecule has 1 aromatic rings. The molecule has 0 radical (unpaired) electrons. The highest BCUT2D eigenvalue weighted by Crippen LogP contribution is 2.26. The first-order valence-corrected chi connectivity index (χ1v) is 8.64. The minimum atomic E-state index is 0.205. The van der Waals surface area contributed by atoms with Gasteiger partial charge in [-0.15, -0.1) is 0 Å². The van der Waals surface area contributed by atoms with Gasteiger partial charge >= 0.3 is 0 Å². The molecule has 1 aliphatic rings. The summed E-state index contributed by atoms with van der Waals surface area (Å²) in [5.74, 6) is 3.42. The van der Waals surface area contributed by atoms with Crippen LogP contribution < -0.4 is 10.5 Å². The Bertz CT molecular complexity index is 403. The van der Waals surface area contributed by atoms with E-state index in [0.717, 1.165) is 18.8 Å². The summed E-state index contributed by atoms with van der Waals surface area (Å²) in [6.45, 7) is 7.04. The van der Waals surface area contributed by atoms with Gasteiger partial charge in [0.15, 0.2) is 0 Å². The van der Waals surface area contributed by atoms with Crippen molar-refractivity contribution in [2.24, 2.45) is 5.73 Å². The van der Waals surface area contributed by atoms with E-state index in [-0.39, 0.29) is 6.10 Å². The molecule has 0 saturated carbocycles. The first kappa shape index (κ1) is 15.7. The zero-order chi connectivity index (χ0) is 14.4. The summed E-state index contributed by atoms with van der Waals surface area (Å²) >= 11 is 2.05. The quantitative estimate of drug-likeness (QED) is 0.906. The van der Waals surface area contributed by atoms with Crippen molar-refractivity contribution in [3.8, 4) is 5.75 Å². The number of hydrogen-bond donors (Lipinski definition) is 1. The van der Waals surface area contributed by atoms with Gasteiger partial charge in [0.1, 0.15) is 5.75 Å². The van der Waals surface area contributed by atoms with Crippen LogP contribution in [0.3, 0.4) is 0 Å². The lowest BCUT2D eigenvalue weighted by Crippen LogP contribution is -2.35. The number of nitrogens with two attached hydrogens (primary N) is 1. The Morgan fingerprint density at radius 3 is 2.90 bits per heavy atom. The highest BCUT2D eigenvalue weighted by atomic mass is 32.2. The molecule has 2 N–H and O–H groups in total. The van der Waals surface area contributed by atoms with E-state index in [2.05, 4.69) is 36.9 Å². The molecule has 2 rings (SSSR count). The van der Waals surface area contributed by atoms with Gasteiger partial charge in [-0.3, -0.25) is 4.90 Å². The summed E-state index contributed by atoms with van der Waals surface area (Å²) < 4.78 is 5.80. The Labute approximate surface area is 126 Å². The van der Waals surface area contributed by atoms with Crippen LogP contribution in [0.2, 0.25) is 0 Å². The van der Waals surface area contributed by atoms with Crippen LogP contribution in [0.1, 0.15) is 31.9 Å². The molecule has 1 atom stereocenters. The van der Waals surface area contributed by atoms with Gasteiger partial charge in [-0.1, -0.05) is 12.1 Å². The average Bonchev–Trinajstić information content (AvgIpc) is 2.68. The second kappa shape index (κ2) is 7.91. The molecule has 1 aliphatic heterocycles. The summed E-state index contributed by atoms with van der Waals surface area (Å²) in [4.78, 5) is 2.52. The molecule has 1 saturated heterocycles. The van der Waals surface area contributed by atoms with E-state index in [0.29, 0.717) is 12.6 Å². The van der Waals surface area contributed by atoms with Gasteiger partial charge in [0.25, 0.3) is 0 Å². The monoisotopic (exact) mass is 294 g/mol. The third kappa shape index (κ3) is 4.40. The number of nitrogens with zero attached hydrogens (tertiary/aromatic N) is 1. The molecular weight excluding hydrogens is 268 g/mol. The minimum absolute atomic E-state index is 0.205. The highest BCUT2D eigenvalue weighted by Gasteiger charge is 2.20. The van der Waals surface area contributed by atoms with E-state index >= 15 is 0 Å². The Morgan fingerprint density at radius 2 is 2.15 bits per heavy atom. The van der Waals surface area contributed by atoms with Crippen LogP contribution >= 0.6 is 11.8 Å². The molecule has 1 heterocycles. The lowest BCUT2D eigenvalue weighted by Gasteiger charge is -2.30. The van der Waals surface area contributed by atoms with Crippen molar-refractivity contribution < 1.29 is 4.74 Å². The predicted molar refractivity (Wildman–Crippen MR) is 87.5 cm³/mol. The van der Waals surface area contributed by atoms with Crippen LogP contribution in [0.5, 0.6) is 5.75 Å². The summed E-state index contributed by atoms with van der Waals surface area (Å²) in [5, 5.41) is 0. The van der Waals surface area contributed by atoms with Crippen molar-refractivity contribution in [3.63, 3.8) is 0 Å². The van der Waals surface area contributed by atoms with Crippen molar-refractivity contribution in [2.75, 3.05) is 31.1 Å². The highest BCUT2D eigenvalue weighted by molar-refractivity contribution is 7.99. The molecule has 3 nitrogen and oxygen atoms in total. The van der Waals surface area contributed by atoms with E-state index in [4.69, 9.17) is 10.5 Å². The average molecular weight is 294 g/mol. The molecular formula is C16H26N2OS. The van der Waals surface area contributed by atoms with Crippen molar-refractivity contribution in [1.82, 2.24) is 4.90 Å². The van der Waals surface area contributed by atoms with Gasteiger partial charge in [-0.05, 0) is 50.3 Å². The van der Waals surface area contributed by atoms with Gasteiger partial charge in [0.2, 0.25) is 0 Å². The van der Waals surface area contributed by atoms with Gasteiger partial charge in [0, 0.05) is 24.9 Å². The van der Waals surface area contributed by atoms with Crippen molar-refractivity contribution in [2.45, 2.75) is 32.4 Å². The first-order valence-electron chi connectivity index (χ1n) is 7.49. The minimum Gasteiger partial charge on any atom is -0.491 e. The van der Waals surface area contributed by atoms with E-state index in [9.17, 15) is 0 Å². The Morgan fingerprint density at radius 1 is 1.30 bits per heavy atom. The van der Waals surface area contributed by atoms with Crippen molar-refractivity contribution in [3.05, 3.63) is 29.8 Å². The third-order valence-electron chi connectivity index (χ3n) is 3.54. The zero-order valence-corrected chi connectivity index (χ0v) is 13.4. The van der Waals surface area contributed by atoms with Gasteiger partial charge < -0.3 is 10.5 Å². The van der Waals surface area contributed by atoms with Crippen LogP contribution in [0.25, 0.3) is 0 Å². The van der Waals surface area contributed by atoms with Crippen LogP contribution in [-0.4, -0.2) is 42.1 Å². The molecule has 1 unspecified atom stereocenters. The molecule has 0 aliphatic carbocycles. The lowest BCUT2D eigenvalue weighted by molar-refractivity contribution is 0.215. The van der Waals surface area contributed by atoms with E-state index in [1.165, 1.54) is 23.5 Å². The summed E-state index contributed by atoms with van der Waals surface area (Å²) in [6.07, 6.45) is 1.46. The summed E-state index contributed by atoms with van der Waals surface area (Å²) in [7, 11) is 0. The Kier molecular flexibility index (Phi) is 6.20. The molecule has 112 valence electrons. The van der Waals surface area contributed by atoms with E-state index < -0.39 is 0 Å². The molecule has 0 bridgehead atoms. The maximum absolute atomic E-state index is 6.05. The fourth-order valence-electron chi connectivity index (χ4n) is 2.64. The van der Waals surface area contributed by atoms with Gasteiger partial charge in [0.05, 0.1) is 6.10 Å². The van der Waals surface area contributed by atoms with E-state index in [1.54, 1.807) is 0 Å². The number of benzene rings is 1. The standard InChI is InChI=1S/C16H26N2OS/c1-13(2)19-15-6-3-5-14(11-15)16(12-17)18-7-4-9-20-10-8-18/h3,5-6,11,13,16H,4,7-10,12,17H2,1-2H3. The third-order valence-corrected chi connectivity index (χ3v) is 4.58. The van der Waals surface area contributed by atoms with Crippen molar-refractivity contribution >= 4 is 11.8 Å². The maximum Gasteiger partial charge on any atom is 0.120 e. The normalized spacial score (nSPS) is 18.8. The maximum atomic E-state index is 6.05. The van der Waals surface area contributed by atoms with Crippen LogP contribution in [0.4, 0.5) is 0 Å². The predicted octanol–water partition coefficient (Wildman–Crippen LogP) is 2.91. The SMILES string of the molecule is CC(C)Oc1cccc(C(CN)N2CCCSCC2)c1. The van der Waals surface area contributed by atoms with Crippen molar-refractivity contribution in [1.29, 1.82) is 0 Å². The smallest absolute Gasteiger partial charge is 0.120 e. The second-order valence-electron chi connectivity index (χ2n) is 5.49. The van der Waals surface area contributed by atoms with E-state index in [1.807, 2.05) is 17.8 Å². The number of ether oxygens (including phenoxy) is 1. The second-order valence-corrected chi connectivity index (χ2v) is 6.72. The molecule has 20 heavy (non-hydrogen) atoms. The zero-order valence-electron chi connectivity index (χ0n) is 12.5. The topological polar surface area (TPSA) is 38.5 Å². The number of thioether (sulfide) groups is 1. The Hall–Kier alpha value is -0.710. The number of hydrogen-bond acceptors (Lipinski definition) is 4. The molecule has 1 aromatic carbocycles. The fourth-order valence-corrected chi connectivity index (χ4v) is 3.54. The first-order chi connectivity index (χ1) is 9.70. The summed E-state index contributed by atoms with van der Waals surface area (Å²) in [6, 6.07) is 8.72. The summed E-state index contributed by atoms with van der Waals surface area (Å²) in [5.41, 5.74) is 7.32. The van der Waals surface area contributed by atoms with Gasteiger partial charge in [-0.2, -0.15) is 11.8 Å². The molecule has 1 fully saturated rings. The van der Waals surface area contributed by atoms with Crippen LogP contribution in [0, 0.1) is 0 Å². The Balaban J connectivity index is 2.13. The van der Waals surface area contributed by atoms with Crippen LogP contribution in [0.15, 0.2) is 24.3 Å². The molecule has 0 spiro atoms. The van der Waals surface area contributed by atoms with Gasteiger partial charge in [-0.25, -0.2) is 0 Å².